The number of aromatic nitrogens is 1. The molecule has 0 bridgehead atoms. The third kappa shape index (κ3) is 1.85. The quantitative estimate of drug-likeness (QED) is 0.764. The third-order valence-corrected chi connectivity index (χ3v) is 3.55. The lowest BCUT2D eigenvalue weighted by atomic mass is 10.00. The second kappa shape index (κ2) is 3.83. The van der Waals surface area contributed by atoms with Crippen LogP contribution in [0.25, 0.3) is 0 Å². The summed E-state index contributed by atoms with van der Waals surface area (Å²) in [5.41, 5.74) is 1.11. The second-order valence-electron chi connectivity index (χ2n) is 2.91. The average molecular weight is 248 g/mol. The van der Waals surface area contributed by atoms with Crippen LogP contribution >= 0.6 is 27.7 Å². The summed E-state index contributed by atoms with van der Waals surface area (Å²) in [5.74, 6) is 3.14. The van der Waals surface area contributed by atoms with Crippen molar-refractivity contribution < 1.29 is 4.42 Å². The summed E-state index contributed by atoms with van der Waals surface area (Å²) < 4.78 is 5.12. The molecule has 2 rings (SSSR count). The molecule has 2 nitrogen and oxygen atoms in total. The molecular weight excluding hydrogens is 238 g/mol. The van der Waals surface area contributed by atoms with E-state index in [0.717, 1.165) is 5.69 Å². The average Bonchev–Trinajstić information content (AvgIpc) is 2.54. The molecule has 1 aliphatic heterocycles. The molecule has 0 saturated carbocycles. The van der Waals surface area contributed by atoms with Gasteiger partial charge in [0.25, 0.3) is 4.80 Å². The fourth-order valence-corrected chi connectivity index (χ4v) is 2.85. The third-order valence-electron chi connectivity index (χ3n) is 2.13. The molecule has 0 spiro atoms. The van der Waals surface area contributed by atoms with E-state index in [1.807, 2.05) is 11.8 Å². The molecule has 0 amide bonds. The molecule has 0 aliphatic carbocycles. The molecule has 1 saturated heterocycles. The number of hydrogen-bond donors (Lipinski definition) is 0. The van der Waals surface area contributed by atoms with E-state index in [2.05, 4.69) is 20.9 Å². The van der Waals surface area contributed by atoms with Crippen LogP contribution in [-0.4, -0.2) is 16.5 Å². The Balaban J connectivity index is 2.08. The molecule has 0 radical (unpaired) electrons. The van der Waals surface area contributed by atoms with Crippen LogP contribution in [0.15, 0.2) is 15.5 Å². The van der Waals surface area contributed by atoms with Crippen LogP contribution < -0.4 is 0 Å². The number of halogens is 1. The van der Waals surface area contributed by atoms with Crippen molar-refractivity contribution in [2.75, 3.05) is 11.5 Å². The van der Waals surface area contributed by atoms with Gasteiger partial charge in [0.1, 0.15) is 6.26 Å². The molecular formula is C8H10BrNOS. The first-order chi connectivity index (χ1) is 5.86. The fourth-order valence-electron chi connectivity index (χ4n) is 1.44. The Kier molecular flexibility index (Phi) is 2.76. The zero-order valence-corrected chi connectivity index (χ0v) is 9.03. The normalized spacial score (nSPS) is 19.8. The van der Waals surface area contributed by atoms with E-state index in [9.17, 15) is 0 Å². The lowest BCUT2D eigenvalue weighted by Crippen LogP contribution is -2.07. The molecule has 12 heavy (non-hydrogen) atoms. The van der Waals surface area contributed by atoms with Gasteiger partial charge in [-0.05, 0) is 24.3 Å². The molecule has 0 N–H and O–H groups in total. The van der Waals surface area contributed by atoms with Gasteiger partial charge in [0.05, 0.1) is 5.69 Å². The van der Waals surface area contributed by atoms with E-state index in [4.69, 9.17) is 4.42 Å². The van der Waals surface area contributed by atoms with Gasteiger partial charge < -0.3 is 4.42 Å². The molecule has 4 heteroatoms. The van der Waals surface area contributed by atoms with E-state index < -0.39 is 0 Å². The molecule has 2 heterocycles. The van der Waals surface area contributed by atoms with Crippen LogP contribution in [0.4, 0.5) is 0 Å². The topological polar surface area (TPSA) is 26.0 Å². The molecule has 1 aromatic heterocycles. The molecule has 0 aromatic carbocycles. The van der Waals surface area contributed by atoms with Gasteiger partial charge in [0, 0.05) is 21.8 Å². The first-order valence-electron chi connectivity index (χ1n) is 4.05. The Morgan fingerprint density at radius 2 is 2.25 bits per heavy atom. The van der Waals surface area contributed by atoms with Crippen LogP contribution in [0, 0.1) is 0 Å². The number of nitrogens with zero attached hydrogens (tertiary/aromatic N) is 1. The van der Waals surface area contributed by atoms with Crippen molar-refractivity contribution in [3.8, 4) is 0 Å². The van der Waals surface area contributed by atoms with E-state index >= 15 is 0 Å². The molecule has 1 aromatic rings. The van der Waals surface area contributed by atoms with Crippen molar-refractivity contribution >= 4 is 27.7 Å². The summed E-state index contributed by atoms with van der Waals surface area (Å²) in [7, 11) is 0. The van der Waals surface area contributed by atoms with E-state index in [1.165, 1.54) is 24.3 Å². The van der Waals surface area contributed by atoms with Gasteiger partial charge >= 0.3 is 0 Å². The summed E-state index contributed by atoms with van der Waals surface area (Å²) in [5, 5.41) is 0. The van der Waals surface area contributed by atoms with Gasteiger partial charge in [-0.25, -0.2) is 4.98 Å². The summed E-state index contributed by atoms with van der Waals surface area (Å²) in [6.07, 6.45) is 4.25. The van der Waals surface area contributed by atoms with Crippen molar-refractivity contribution in [3.05, 3.63) is 16.8 Å². The predicted molar refractivity (Wildman–Crippen MR) is 53.5 cm³/mol. The van der Waals surface area contributed by atoms with Crippen molar-refractivity contribution in [1.82, 2.24) is 4.98 Å². The van der Waals surface area contributed by atoms with Crippen LogP contribution in [0.1, 0.15) is 24.5 Å². The first kappa shape index (κ1) is 8.63. The van der Waals surface area contributed by atoms with Crippen molar-refractivity contribution in [2.24, 2.45) is 0 Å². The SMILES string of the molecule is Brc1nc(C2CCSCC2)co1. The van der Waals surface area contributed by atoms with Crippen LogP contribution in [-0.2, 0) is 0 Å². The summed E-state index contributed by atoms with van der Waals surface area (Å²) in [6, 6.07) is 0. The maximum absolute atomic E-state index is 5.12. The smallest absolute Gasteiger partial charge is 0.264 e. The Hall–Kier alpha value is 0.0400. The van der Waals surface area contributed by atoms with Crippen molar-refractivity contribution in [1.29, 1.82) is 0 Å². The Bertz CT molecular complexity index is 257. The van der Waals surface area contributed by atoms with Gasteiger partial charge in [-0.1, -0.05) is 0 Å². The van der Waals surface area contributed by atoms with Gasteiger partial charge in [0.15, 0.2) is 0 Å². The standard InChI is InChI=1S/C8H10BrNOS/c9-8-10-7(5-11-8)6-1-3-12-4-2-6/h5-6H,1-4H2. The molecule has 0 unspecified atom stereocenters. The number of hydrogen-bond acceptors (Lipinski definition) is 3. The molecule has 0 atom stereocenters. The monoisotopic (exact) mass is 247 g/mol. The molecule has 1 fully saturated rings. The van der Waals surface area contributed by atoms with Crippen LogP contribution in [0.5, 0.6) is 0 Å². The van der Waals surface area contributed by atoms with Crippen LogP contribution in [0.3, 0.4) is 0 Å². The first-order valence-corrected chi connectivity index (χ1v) is 5.99. The summed E-state index contributed by atoms with van der Waals surface area (Å²) >= 11 is 5.25. The fraction of sp³-hybridized carbons (Fsp3) is 0.625. The maximum Gasteiger partial charge on any atom is 0.264 e. The van der Waals surface area contributed by atoms with E-state index in [1.54, 1.807) is 6.26 Å². The highest BCUT2D eigenvalue weighted by Gasteiger charge is 2.18. The van der Waals surface area contributed by atoms with Gasteiger partial charge in [0.2, 0.25) is 0 Å². The zero-order chi connectivity index (χ0) is 8.39. The maximum atomic E-state index is 5.12. The highest BCUT2D eigenvalue weighted by atomic mass is 79.9. The van der Waals surface area contributed by atoms with E-state index in [0.29, 0.717) is 10.7 Å². The summed E-state index contributed by atoms with van der Waals surface area (Å²) in [4.78, 5) is 4.88. The Morgan fingerprint density at radius 3 is 2.83 bits per heavy atom. The summed E-state index contributed by atoms with van der Waals surface area (Å²) in [6.45, 7) is 0. The van der Waals surface area contributed by atoms with Gasteiger partial charge in [-0.3, -0.25) is 0 Å². The lowest BCUT2D eigenvalue weighted by Gasteiger charge is -2.18. The van der Waals surface area contributed by atoms with E-state index in [-0.39, 0.29) is 0 Å². The number of rotatable bonds is 1. The highest BCUT2D eigenvalue weighted by Crippen LogP contribution is 2.31. The minimum Gasteiger partial charge on any atom is -0.439 e. The minimum atomic E-state index is 0.607. The Labute approximate surface area is 84.3 Å². The number of oxazole rings is 1. The number of thioether (sulfide) groups is 1. The minimum absolute atomic E-state index is 0.607. The highest BCUT2D eigenvalue weighted by molar-refractivity contribution is 9.10. The second-order valence-corrected chi connectivity index (χ2v) is 4.82. The van der Waals surface area contributed by atoms with Crippen LogP contribution in [0.2, 0.25) is 0 Å². The predicted octanol–water partition coefficient (Wildman–Crippen LogP) is 3.05. The van der Waals surface area contributed by atoms with Gasteiger partial charge in [-0.2, -0.15) is 11.8 Å². The lowest BCUT2D eigenvalue weighted by molar-refractivity contribution is 0.524. The largest absolute Gasteiger partial charge is 0.439 e. The Morgan fingerprint density at radius 1 is 1.50 bits per heavy atom. The molecule has 66 valence electrons. The van der Waals surface area contributed by atoms with Gasteiger partial charge in [-0.15, -0.1) is 0 Å². The molecule has 1 aliphatic rings. The van der Waals surface area contributed by atoms with Crippen molar-refractivity contribution in [3.63, 3.8) is 0 Å². The zero-order valence-electron chi connectivity index (χ0n) is 6.62. The van der Waals surface area contributed by atoms with Crippen molar-refractivity contribution in [2.45, 2.75) is 18.8 Å².